The summed E-state index contributed by atoms with van der Waals surface area (Å²) < 4.78 is 11.2. The Morgan fingerprint density at radius 1 is 1.11 bits per heavy atom. The summed E-state index contributed by atoms with van der Waals surface area (Å²) in [5, 5.41) is 5.37. The van der Waals surface area contributed by atoms with Gasteiger partial charge in [0.05, 0.1) is 13.2 Å². The molecule has 0 aliphatic rings. The van der Waals surface area contributed by atoms with E-state index in [2.05, 4.69) is 10.3 Å². The summed E-state index contributed by atoms with van der Waals surface area (Å²) in [5.41, 5.74) is 3.15. The third-order valence-corrected chi connectivity index (χ3v) is 4.71. The number of benzene rings is 2. The van der Waals surface area contributed by atoms with Crippen LogP contribution >= 0.6 is 11.3 Å². The number of thiazole rings is 1. The molecule has 1 aromatic heterocycles. The number of ether oxygens (including phenoxy) is 2. The maximum absolute atomic E-state index is 12.4. The molecule has 0 saturated carbocycles. The van der Waals surface area contributed by atoms with Gasteiger partial charge in [0.15, 0.2) is 11.5 Å². The Morgan fingerprint density at radius 2 is 1.85 bits per heavy atom. The van der Waals surface area contributed by atoms with Crippen molar-refractivity contribution in [3.05, 3.63) is 59.1 Å². The van der Waals surface area contributed by atoms with Gasteiger partial charge in [-0.2, -0.15) is 0 Å². The molecule has 0 radical (unpaired) electrons. The fourth-order valence-electron chi connectivity index (χ4n) is 2.49. The first-order chi connectivity index (χ1) is 13.0. The number of nitrogens with one attached hydrogen (secondary N) is 1. The number of aryl methyl sites for hydroxylation is 1. The van der Waals surface area contributed by atoms with E-state index in [1.54, 1.807) is 12.5 Å². The number of anilines is 1. The average molecular weight is 382 g/mol. The lowest BCUT2D eigenvalue weighted by atomic mass is 10.2. The summed E-state index contributed by atoms with van der Waals surface area (Å²) in [7, 11) is 1.61. The van der Waals surface area contributed by atoms with Gasteiger partial charge < -0.3 is 14.8 Å². The van der Waals surface area contributed by atoms with Crippen molar-refractivity contribution in [2.24, 2.45) is 0 Å². The van der Waals surface area contributed by atoms with Crippen LogP contribution in [0.2, 0.25) is 0 Å². The van der Waals surface area contributed by atoms with Gasteiger partial charge in [0.2, 0.25) is 0 Å². The quantitative estimate of drug-likeness (QED) is 0.639. The molecule has 1 amide bonds. The highest BCUT2D eigenvalue weighted by Gasteiger charge is 2.14. The van der Waals surface area contributed by atoms with Gasteiger partial charge in [-0.15, -0.1) is 11.3 Å². The second-order valence-electron chi connectivity index (χ2n) is 6.39. The molecular formula is C21H22N2O3S. The lowest BCUT2D eigenvalue weighted by Gasteiger charge is -2.14. The Balaban J connectivity index is 1.78. The molecule has 0 bridgehead atoms. The summed E-state index contributed by atoms with van der Waals surface area (Å²) >= 11 is 1.41. The van der Waals surface area contributed by atoms with Crippen LogP contribution in [0.15, 0.2) is 47.8 Å². The zero-order valence-electron chi connectivity index (χ0n) is 15.8. The van der Waals surface area contributed by atoms with Crippen LogP contribution in [0.4, 0.5) is 5.69 Å². The molecular weight excluding hydrogens is 360 g/mol. The van der Waals surface area contributed by atoms with Gasteiger partial charge in [-0.3, -0.25) is 4.79 Å². The number of carbonyl (C=O) groups excluding carboxylic acids is 1. The third kappa shape index (κ3) is 4.65. The molecule has 0 saturated heterocycles. The molecule has 0 fully saturated rings. The third-order valence-electron chi connectivity index (χ3n) is 3.82. The molecule has 0 aliphatic carbocycles. The van der Waals surface area contributed by atoms with Crippen molar-refractivity contribution in [3.63, 3.8) is 0 Å². The van der Waals surface area contributed by atoms with Crippen molar-refractivity contribution in [2.45, 2.75) is 26.9 Å². The van der Waals surface area contributed by atoms with Gasteiger partial charge in [-0.05, 0) is 51.1 Å². The minimum absolute atomic E-state index is 0.0571. The van der Waals surface area contributed by atoms with E-state index in [-0.39, 0.29) is 12.0 Å². The average Bonchev–Trinajstić information content (AvgIpc) is 3.14. The van der Waals surface area contributed by atoms with Crippen LogP contribution in [0.25, 0.3) is 10.6 Å². The molecule has 0 spiro atoms. The molecule has 1 heterocycles. The van der Waals surface area contributed by atoms with Gasteiger partial charge in [0.25, 0.3) is 5.91 Å². The SMILES string of the molecule is COc1cc(-c2nc(C(=O)Nc3ccc(C)cc3)cs2)ccc1OC(C)C. The molecule has 0 aliphatic heterocycles. The highest BCUT2D eigenvalue weighted by atomic mass is 32.1. The van der Waals surface area contributed by atoms with E-state index in [4.69, 9.17) is 9.47 Å². The Kier molecular flexibility index (Phi) is 5.76. The molecule has 2 aromatic carbocycles. The number of amides is 1. The van der Waals surface area contributed by atoms with Crippen LogP contribution in [-0.4, -0.2) is 24.1 Å². The van der Waals surface area contributed by atoms with Crippen molar-refractivity contribution in [3.8, 4) is 22.1 Å². The fourth-order valence-corrected chi connectivity index (χ4v) is 3.29. The van der Waals surface area contributed by atoms with Crippen LogP contribution < -0.4 is 14.8 Å². The van der Waals surface area contributed by atoms with Crippen molar-refractivity contribution < 1.29 is 14.3 Å². The van der Waals surface area contributed by atoms with Crippen LogP contribution in [0.5, 0.6) is 11.5 Å². The first kappa shape index (κ1) is 18.9. The van der Waals surface area contributed by atoms with Crippen molar-refractivity contribution in [1.29, 1.82) is 0 Å². The topological polar surface area (TPSA) is 60.5 Å². The maximum Gasteiger partial charge on any atom is 0.275 e. The number of rotatable bonds is 6. The first-order valence-electron chi connectivity index (χ1n) is 8.65. The molecule has 140 valence electrons. The Labute approximate surface area is 163 Å². The number of carbonyl (C=O) groups is 1. The van der Waals surface area contributed by atoms with Gasteiger partial charge in [0, 0.05) is 16.6 Å². The summed E-state index contributed by atoms with van der Waals surface area (Å²) in [6.07, 6.45) is 0.0571. The van der Waals surface area contributed by atoms with E-state index in [0.29, 0.717) is 17.2 Å². The molecule has 0 atom stereocenters. The molecule has 1 N–H and O–H groups in total. The monoisotopic (exact) mass is 382 g/mol. The van der Waals surface area contributed by atoms with Crippen LogP contribution in [-0.2, 0) is 0 Å². The van der Waals surface area contributed by atoms with Crippen LogP contribution in [0.1, 0.15) is 29.9 Å². The Hall–Kier alpha value is -2.86. The molecule has 5 nitrogen and oxygen atoms in total. The van der Waals surface area contributed by atoms with Crippen molar-refractivity contribution in [1.82, 2.24) is 4.98 Å². The van der Waals surface area contributed by atoms with Crippen molar-refractivity contribution in [2.75, 3.05) is 12.4 Å². The number of hydrogen-bond donors (Lipinski definition) is 1. The number of hydrogen-bond acceptors (Lipinski definition) is 5. The van der Waals surface area contributed by atoms with E-state index in [0.717, 1.165) is 21.8 Å². The predicted octanol–water partition coefficient (Wildman–Crippen LogP) is 5.17. The molecule has 3 rings (SSSR count). The Morgan fingerprint density at radius 3 is 2.52 bits per heavy atom. The predicted molar refractivity (Wildman–Crippen MR) is 109 cm³/mol. The Bertz CT molecular complexity index is 933. The highest BCUT2D eigenvalue weighted by Crippen LogP contribution is 2.34. The van der Waals surface area contributed by atoms with Gasteiger partial charge in [-0.25, -0.2) is 4.98 Å². The van der Waals surface area contributed by atoms with Crippen LogP contribution in [0, 0.1) is 6.92 Å². The zero-order valence-corrected chi connectivity index (χ0v) is 16.6. The van der Waals surface area contributed by atoms with Gasteiger partial charge in [-0.1, -0.05) is 17.7 Å². The van der Waals surface area contributed by atoms with Crippen LogP contribution in [0.3, 0.4) is 0 Å². The largest absolute Gasteiger partial charge is 0.493 e. The molecule has 0 unspecified atom stereocenters. The van der Waals surface area contributed by atoms with Crippen molar-refractivity contribution >= 4 is 22.9 Å². The van der Waals surface area contributed by atoms with E-state index >= 15 is 0 Å². The lowest BCUT2D eigenvalue weighted by molar-refractivity contribution is 0.102. The lowest BCUT2D eigenvalue weighted by Crippen LogP contribution is -2.12. The van der Waals surface area contributed by atoms with E-state index < -0.39 is 0 Å². The maximum atomic E-state index is 12.4. The minimum atomic E-state index is -0.229. The normalized spacial score (nSPS) is 10.7. The number of methoxy groups -OCH3 is 1. The highest BCUT2D eigenvalue weighted by molar-refractivity contribution is 7.13. The number of aromatic nitrogens is 1. The van der Waals surface area contributed by atoms with E-state index in [1.807, 2.05) is 63.2 Å². The first-order valence-corrected chi connectivity index (χ1v) is 9.53. The van der Waals surface area contributed by atoms with Gasteiger partial charge in [0.1, 0.15) is 10.7 Å². The second-order valence-corrected chi connectivity index (χ2v) is 7.25. The van der Waals surface area contributed by atoms with E-state index in [1.165, 1.54) is 11.3 Å². The molecule has 3 aromatic rings. The second kappa shape index (κ2) is 8.22. The summed E-state index contributed by atoms with van der Waals surface area (Å²) in [6, 6.07) is 13.3. The molecule has 6 heteroatoms. The summed E-state index contributed by atoms with van der Waals surface area (Å²) in [5.74, 6) is 1.10. The minimum Gasteiger partial charge on any atom is -0.493 e. The summed E-state index contributed by atoms with van der Waals surface area (Å²) in [6.45, 7) is 5.93. The summed E-state index contributed by atoms with van der Waals surface area (Å²) in [4.78, 5) is 16.9. The van der Waals surface area contributed by atoms with Gasteiger partial charge >= 0.3 is 0 Å². The zero-order chi connectivity index (χ0) is 19.4. The fraction of sp³-hybridized carbons (Fsp3) is 0.238. The van der Waals surface area contributed by atoms with E-state index in [9.17, 15) is 4.79 Å². The number of nitrogens with zero attached hydrogens (tertiary/aromatic N) is 1. The standard InChI is InChI=1S/C21H22N2O3S/c1-13(2)26-18-10-7-15(11-19(18)25-4)21-23-17(12-27-21)20(24)22-16-8-5-14(3)6-9-16/h5-13H,1-4H3,(H,22,24). The molecule has 27 heavy (non-hydrogen) atoms. The smallest absolute Gasteiger partial charge is 0.275 e.